The van der Waals surface area contributed by atoms with Crippen LogP contribution in [0.3, 0.4) is 0 Å². The van der Waals surface area contributed by atoms with Gasteiger partial charge in [-0.05, 0) is 49.1 Å². The molecule has 2 N–H and O–H groups in total. The van der Waals surface area contributed by atoms with Crippen molar-refractivity contribution in [1.82, 2.24) is 9.88 Å². The van der Waals surface area contributed by atoms with E-state index in [1.54, 1.807) is 6.07 Å². The van der Waals surface area contributed by atoms with Crippen LogP contribution in [0.2, 0.25) is 0 Å². The van der Waals surface area contributed by atoms with E-state index in [9.17, 15) is 18.4 Å². The number of benzene rings is 1. The van der Waals surface area contributed by atoms with Crippen molar-refractivity contribution in [1.29, 1.82) is 0 Å². The minimum absolute atomic E-state index is 0.0906. The molecule has 0 radical (unpaired) electrons. The molecular formula is C19H19F2N3O3. The first kappa shape index (κ1) is 18.8. The van der Waals surface area contributed by atoms with Crippen molar-refractivity contribution in [3.63, 3.8) is 0 Å². The summed E-state index contributed by atoms with van der Waals surface area (Å²) in [5, 5.41) is 0. The molecular weight excluding hydrogens is 356 g/mol. The fourth-order valence-electron chi connectivity index (χ4n) is 3.49. The van der Waals surface area contributed by atoms with Gasteiger partial charge in [0.15, 0.2) is 0 Å². The summed E-state index contributed by atoms with van der Waals surface area (Å²) in [5.41, 5.74) is 6.27. The molecule has 0 unspecified atom stereocenters. The Morgan fingerprint density at radius 2 is 2.11 bits per heavy atom. The number of halogens is 2. The SMILES string of the molecule is COc1ncccc1C(=O)N([C@H](C)C(N)=O)[C@@H]1CCc2c(F)cc(F)cc21. The monoisotopic (exact) mass is 375 g/mol. The van der Waals surface area contributed by atoms with Gasteiger partial charge in [0, 0.05) is 12.3 Å². The van der Waals surface area contributed by atoms with Crippen LogP contribution in [0.25, 0.3) is 0 Å². The van der Waals surface area contributed by atoms with Gasteiger partial charge in [0.05, 0.1) is 13.2 Å². The van der Waals surface area contributed by atoms with Gasteiger partial charge in [-0.25, -0.2) is 13.8 Å². The van der Waals surface area contributed by atoms with Crippen LogP contribution in [0.1, 0.15) is 40.9 Å². The maximum Gasteiger partial charge on any atom is 0.260 e. The summed E-state index contributed by atoms with van der Waals surface area (Å²) in [6.45, 7) is 1.48. The summed E-state index contributed by atoms with van der Waals surface area (Å²) in [7, 11) is 1.37. The van der Waals surface area contributed by atoms with Crippen LogP contribution in [-0.2, 0) is 11.2 Å². The Kier molecular flexibility index (Phi) is 5.07. The van der Waals surface area contributed by atoms with E-state index >= 15 is 0 Å². The molecule has 2 atom stereocenters. The maximum absolute atomic E-state index is 14.1. The number of hydrogen-bond acceptors (Lipinski definition) is 4. The Morgan fingerprint density at radius 3 is 2.78 bits per heavy atom. The topological polar surface area (TPSA) is 85.5 Å². The zero-order chi connectivity index (χ0) is 19.7. The predicted molar refractivity (Wildman–Crippen MR) is 93.0 cm³/mol. The number of hydrogen-bond donors (Lipinski definition) is 1. The van der Waals surface area contributed by atoms with Crippen LogP contribution in [0, 0.1) is 11.6 Å². The summed E-state index contributed by atoms with van der Waals surface area (Å²) in [5.74, 6) is -2.58. The van der Waals surface area contributed by atoms with E-state index in [1.807, 2.05) is 0 Å². The fraction of sp³-hybridized carbons (Fsp3) is 0.316. The summed E-state index contributed by atoms with van der Waals surface area (Å²) in [6, 6.07) is 3.40. The predicted octanol–water partition coefficient (Wildman–Crippen LogP) is 2.37. The van der Waals surface area contributed by atoms with E-state index < -0.39 is 35.5 Å². The molecule has 1 heterocycles. The van der Waals surface area contributed by atoms with Crippen LogP contribution < -0.4 is 10.5 Å². The third-order valence-electron chi connectivity index (χ3n) is 4.82. The molecule has 0 spiro atoms. The Balaban J connectivity index is 2.10. The van der Waals surface area contributed by atoms with E-state index in [-0.39, 0.29) is 11.4 Å². The molecule has 2 amide bonds. The van der Waals surface area contributed by atoms with Crippen molar-refractivity contribution in [3.05, 3.63) is 58.8 Å². The van der Waals surface area contributed by atoms with Gasteiger partial charge in [-0.3, -0.25) is 9.59 Å². The summed E-state index contributed by atoms with van der Waals surface area (Å²) in [4.78, 5) is 30.4. The van der Waals surface area contributed by atoms with Gasteiger partial charge in [0.2, 0.25) is 11.8 Å². The van der Waals surface area contributed by atoms with Crippen LogP contribution in [0.15, 0.2) is 30.5 Å². The van der Waals surface area contributed by atoms with Crippen LogP contribution in [0.5, 0.6) is 5.88 Å². The van der Waals surface area contributed by atoms with Crippen LogP contribution in [-0.4, -0.2) is 34.8 Å². The molecule has 0 fully saturated rings. The molecule has 3 rings (SSSR count). The van der Waals surface area contributed by atoms with Crippen LogP contribution in [0.4, 0.5) is 8.78 Å². The second-order valence-electron chi connectivity index (χ2n) is 6.36. The lowest BCUT2D eigenvalue weighted by molar-refractivity contribution is -0.122. The first-order valence-electron chi connectivity index (χ1n) is 8.44. The van der Waals surface area contributed by atoms with Gasteiger partial charge >= 0.3 is 0 Å². The number of nitrogens with zero attached hydrogens (tertiary/aromatic N) is 2. The number of fused-ring (bicyclic) bond motifs is 1. The number of primary amides is 1. The maximum atomic E-state index is 14.1. The Hall–Kier alpha value is -3.03. The highest BCUT2D eigenvalue weighted by molar-refractivity contribution is 5.99. The number of carbonyl (C=O) groups is 2. The van der Waals surface area contributed by atoms with E-state index in [0.717, 1.165) is 6.07 Å². The molecule has 1 aromatic carbocycles. The Labute approximate surface area is 154 Å². The lowest BCUT2D eigenvalue weighted by Gasteiger charge is -2.34. The smallest absolute Gasteiger partial charge is 0.260 e. The zero-order valence-corrected chi connectivity index (χ0v) is 14.9. The molecule has 2 aromatic rings. The Morgan fingerprint density at radius 1 is 1.37 bits per heavy atom. The lowest BCUT2D eigenvalue weighted by Crippen LogP contribution is -2.47. The molecule has 1 aliphatic rings. The normalized spacial score (nSPS) is 16.5. The minimum atomic E-state index is -0.996. The lowest BCUT2D eigenvalue weighted by atomic mass is 10.0. The van der Waals surface area contributed by atoms with Gasteiger partial charge in [-0.1, -0.05) is 0 Å². The van der Waals surface area contributed by atoms with Crippen molar-refractivity contribution in [2.45, 2.75) is 31.8 Å². The van der Waals surface area contributed by atoms with Crippen molar-refractivity contribution in [2.24, 2.45) is 5.73 Å². The van der Waals surface area contributed by atoms with Crippen molar-refractivity contribution in [2.75, 3.05) is 7.11 Å². The number of aromatic nitrogens is 1. The third kappa shape index (κ3) is 3.34. The second-order valence-corrected chi connectivity index (χ2v) is 6.36. The van der Waals surface area contributed by atoms with Gasteiger partial charge in [-0.2, -0.15) is 0 Å². The quantitative estimate of drug-likeness (QED) is 0.869. The van der Waals surface area contributed by atoms with E-state index in [1.165, 1.54) is 37.3 Å². The number of carbonyl (C=O) groups excluding carboxylic acids is 2. The van der Waals surface area contributed by atoms with Gasteiger partial charge < -0.3 is 15.4 Å². The molecule has 27 heavy (non-hydrogen) atoms. The number of methoxy groups -OCH3 is 1. The van der Waals surface area contributed by atoms with Gasteiger partial charge in [-0.15, -0.1) is 0 Å². The summed E-state index contributed by atoms with van der Waals surface area (Å²) < 4.78 is 33.1. The van der Waals surface area contributed by atoms with E-state index in [2.05, 4.69) is 4.98 Å². The third-order valence-corrected chi connectivity index (χ3v) is 4.82. The Bertz CT molecular complexity index is 904. The highest BCUT2D eigenvalue weighted by Crippen LogP contribution is 2.39. The largest absolute Gasteiger partial charge is 0.480 e. The number of pyridine rings is 1. The average molecular weight is 375 g/mol. The first-order chi connectivity index (χ1) is 12.8. The number of nitrogens with two attached hydrogens (primary N) is 1. The zero-order valence-electron chi connectivity index (χ0n) is 14.9. The molecule has 1 aliphatic carbocycles. The van der Waals surface area contributed by atoms with Crippen LogP contribution >= 0.6 is 0 Å². The summed E-state index contributed by atoms with van der Waals surface area (Å²) in [6.07, 6.45) is 2.14. The average Bonchev–Trinajstić information content (AvgIpc) is 3.05. The summed E-state index contributed by atoms with van der Waals surface area (Å²) >= 11 is 0. The molecule has 1 aromatic heterocycles. The second kappa shape index (κ2) is 7.30. The molecule has 8 heteroatoms. The minimum Gasteiger partial charge on any atom is -0.480 e. The standard InChI is InChI=1S/C19H19F2N3O3/c1-10(17(22)25)24(19(26)13-4-3-7-23-18(13)27-2)16-6-5-12-14(16)8-11(20)9-15(12)21/h3-4,7-10,16H,5-6H2,1-2H3,(H2,22,25)/t10-,16-/m1/s1. The first-order valence-corrected chi connectivity index (χ1v) is 8.44. The molecule has 0 saturated heterocycles. The molecule has 0 bridgehead atoms. The van der Waals surface area contributed by atoms with Crippen molar-refractivity contribution < 1.29 is 23.1 Å². The fourth-order valence-corrected chi connectivity index (χ4v) is 3.49. The van der Waals surface area contributed by atoms with E-state index in [0.29, 0.717) is 24.0 Å². The van der Waals surface area contributed by atoms with Crippen molar-refractivity contribution >= 4 is 11.8 Å². The van der Waals surface area contributed by atoms with Gasteiger partial charge in [0.1, 0.15) is 23.2 Å². The number of rotatable bonds is 5. The van der Waals surface area contributed by atoms with E-state index in [4.69, 9.17) is 10.5 Å². The highest BCUT2D eigenvalue weighted by atomic mass is 19.1. The molecule has 142 valence electrons. The molecule has 6 nitrogen and oxygen atoms in total. The number of amides is 2. The number of ether oxygens (including phenoxy) is 1. The molecule has 0 saturated carbocycles. The van der Waals surface area contributed by atoms with Crippen molar-refractivity contribution in [3.8, 4) is 5.88 Å². The van der Waals surface area contributed by atoms with Gasteiger partial charge in [0.25, 0.3) is 5.91 Å². The highest BCUT2D eigenvalue weighted by Gasteiger charge is 2.38. The molecule has 0 aliphatic heterocycles.